The second-order valence-electron chi connectivity index (χ2n) is 8.26. The van der Waals surface area contributed by atoms with E-state index < -0.39 is 29.1 Å². The molecule has 1 fully saturated rings. The van der Waals surface area contributed by atoms with Crippen LogP contribution in [0.5, 0.6) is 0 Å². The molecule has 2 atom stereocenters. The molecule has 5 rings (SSSR count). The van der Waals surface area contributed by atoms with Crippen LogP contribution in [-0.2, 0) is 4.74 Å². The van der Waals surface area contributed by atoms with Crippen LogP contribution >= 0.6 is 11.6 Å². The van der Waals surface area contributed by atoms with Crippen LogP contribution in [0, 0.1) is 11.6 Å². The monoisotopic (exact) mass is 495 g/mol. The summed E-state index contributed by atoms with van der Waals surface area (Å²) in [5.41, 5.74) is 0.793. The van der Waals surface area contributed by atoms with Crippen molar-refractivity contribution in [2.45, 2.75) is 31.1 Å². The van der Waals surface area contributed by atoms with Crippen molar-refractivity contribution in [3.63, 3.8) is 0 Å². The predicted octanol–water partition coefficient (Wildman–Crippen LogP) is 5.73. The van der Waals surface area contributed by atoms with Crippen LogP contribution < -0.4 is 0 Å². The van der Waals surface area contributed by atoms with Crippen LogP contribution in [0.1, 0.15) is 52.0 Å². The number of esters is 1. The summed E-state index contributed by atoms with van der Waals surface area (Å²) in [5, 5.41) is 4.25. The van der Waals surface area contributed by atoms with Crippen molar-refractivity contribution in [2.24, 2.45) is 0 Å². The molecule has 1 aliphatic rings. The summed E-state index contributed by atoms with van der Waals surface area (Å²) >= 11 is 6.38. The number of halogens is 3. The number of hydrogen-bond donors (Lipinski definition) is 0. The molecule has 2 aromatic carbocycles. The Kier molecular flexibility index (Phi) is 6.06. The number of hydrogen-bond acceptors (Lipinski definition) is 5. The summed E-state index contributed by atoms with van der Waals surface area (Å²) in [7, 11) is 0. The average Bonchev–Trinajstić information content (AvgIpc) is 3.22. The summed E-state index contributed by atoms with van der Waals surface area (Å²) in [5.74, 6) is -3.29. The molecular weight excluding hydrogens is 476 g/mol. The lowest BCUT2D eigenvalue weighted by atomic mass is 9.77. The second kappa shape index (κ2) is 9.19. The lowest BCUT2D eigenvalue weighted by Crippen LogP contribution is -2.27. The Morgan fingerprint density at radius 3 is 2.51 bits per heavy atom. The van der Waals surface area contributed by atoms with Crippen LogP contribution in [0.4, 0.5) is 8.78 Å². The first-order chi connectivity index (χ1) is 16.9. The molecule has 6 nitrogen and oxygen atoms in total. The highest BCUT2D eigenvalue weighted by atomic mass is 35.5. The molecule has 35 heavy (non-hydrogen) atoms. The van der Waals surface area contributed by atoms with Gasteiger partial charge in [-0.1, -0.05) is 18.2 Å². The fourth-order valence-corrected chi connectivity index (χ4v) is 4.73. The Labute approximate surface area is 204 Å². The van der Waals surface area contributed by atoms with Crippen LogP contribution in [0.2, 0.25) is 0 Å². The van der Waals surface area contributed by atoms with Gasteiger partial charge in [0.25, 0.3) is 5.91 Å². The van der Waals surface area contributed by atoms with Gasteiger partial charge in [0.05, 0.1) is 23.3 Å². The molecule has 0 aliphatic heterocycles. The number of aromatic nitrogens is 3. The molecular formula is C26H20ClF2N3O3. The fraction of sp³-hybridized carbons (Fsp3) is 0.231. The van der Waals surface area contributed by atoms with Crippen LogP contribution in [0.25, 0.3) is 22.3 Å². The lowest BCUT2D eigenvalue weighted by Gasteiger charge is -2.33. The van der Waals surface area contributed by atoms with E-state index >= 15 is 8.78 Å². The summed E-state index contributed by atoms with van der Waals surface area (Å²) in [4.78, 5) is 29.8. The number of alkyl halides is 1. The third kappa shape index (κ3) is 3.97. The van der Waals surface area contributed by atoms with Crippen molar-refractivity contribution in [3.05, 3.63) is 83.1 Å². The van der Waals surface area contributed by atoms with E-state index in [9.17, 15) is 9.59 Å². The molecule has 2 unspecified atom stereocenters. The van der Waals surface area contributed by atoms with E-state index in [4.69, 9.17) is 16.3 Å². The van der Waals surface area contributed by atoms with Crippen LogP contribution in [0.15, 0.2) is 54.7 Å². The van der Waals surface area contributed by atoms with Gasteiger partial charge in [-0.2, -0.15) is 9.78 Å². The first kappa shape index (κ1) is 23.1. The Bertz CT molecular complexity index is 1450. The molecule has 1 aliphatic carbocycles. The number of benzene rings is 2. The number of carbonyl (C=O) groups excluding carboxylic acids is 2. The molecule has 0 amide bonds. The highest BCUT2D eigenvalue weighted by molar-refractivity contribution is 6.21. The minimum absolute atomic E-state index is 0.0431. The maximum absolute atomic E-state index is 15.1. The van der Waals surface area contributed by atoms with E-state index in [-0.39, 0.29) is 34.7 Å². The molecule has 2 heterocycles. The number of ether oxygens (including phenoxy) is 1. The maximum atomic E-state index is 15.1. The highest BCUT2D eigenvalue weighted by Crippen LogP contribution is 2.42. The van der Waals surface area contributed by atoms with Crippen molar-refractivity contribution < 1.29 is 23.1 Å². The summed E-state index contributed by atoms with van der Waals surface area (Å²) in [6, 6.07) is 12.1. The summed E-state index contributed by atoms with van der Waals surface area (Å²) in [6.45, 7) is 1.66. The van der Waals surface area contributed by atoms with Crippen molar-refractivity contribution >= 4 is 34.5 Å². The topological polar surface area (TPSA) is 74.1 Å². The molecule has 0 saturated heterocycles. The van der Waals surface area contributed by atoms with Gasteiger partial charge in [-0.15, -0.1) is 11.6 Å². The summed E-state index contributed by atoms with van der Waals surface area (Å²) in [6.07, 6.45) is 3.19. The average molecular weight is 496 g/mol. The van der Waals surface area contributed by atoms with Crippen LogP contribution in [0.3, 0.4) is 0 Å². The number of carbonyl (C=O) groups is 2. The molecule has 0 spiro atoms. The van der Waals surface area contributed by atoms with E-state index in [1.54, 1.807) is 31.2 Å². The number of fused-ring (bicyclic) bond motifs is 1. The number of pyridine rings is 1. The van der Waals surface area contributed by atoms with Crippen molar-refractivity contribution in [2.75, 3.05) is 6.61 Å². The van der Waals surface area contributed by atoms with Gasteiger partial charge < -0.3 is 4.74 Å². The minimum atomic E-state index is -1.02. The quantitative estimate of drug-likeness (QED) is 0.261. The largest absolute Gasteiger partial charge is 0.462 e. The van der Waals surface area contributed by atoms with Gasteiger partial charge in [-0.05, 0) is 55.7 Å². The Hall–Kier alpha value is -3.65. The minimum Gasteiger partial charge on any atom is -0.462 e. The van der Waals surface area contributed by atoms with E-state index in [2.05, 4.69) is 10.1 Å². The van der Waals surface area contributed by atoms with Gasteiger partial charge in [-0.3, -0.25) is 9.78 Å². The molecule has 1 saturated carbocycles. The standard InChI is InChI=1S/C26H20ClF2N3O3/c1-2-35-26(34)14-12-19(28)22(20(29)13-14)24-23-21(8-5-11-30-23)32(31-24)25(33)17-7-4-3-6-15(17)16-9-10-18(16)27/h3-8,11-13,16,18H,2,9-10H2,1H3. The van der Waals surface area contributed by atoms with E-state index in [0.717, 1.165) is 35.2 Å². The summed E-state index contributed by atoms with van der Waals surface area (Å²) < 4.78 is 36.1. The van der Waals surface area contributed by atoms with Gasteiger partial charge >= 0.3 is 5.97 Å². The zero-order valence-corrected chi connectivity index (χ0v) is 19.4. The SMILES string of the molecule is CCOC(=O)c1cc(F)c(-c2nn(C(=O)c3ccccc3C3CCC3Cl)c3cccnc23)c(F)c1. The van der Waals surface area contributed by atoms with Crippen molar-refractivity contribution in [3.8, 4) is 11.3 Å². The molecule has 2 aromatic heterocycles. The zero-order chi connectivity index (χ0) is 24.7. The van der Waals surface area contributed by atoms with Gasteiger partial charge in [0.15, 0.2) is 0 Å². The maximum Gasteiger partial charge on any atom is 0.338 e. The molecule has 178 valence electrons. The van der Waals surface area contributed by atoms with Crippen molar-refractivity contribution in [1.82, 2.24) is 14.8 Å². The molecule has 0 N–H and O–H groups in total. The molecule has 0 bridgehead atoms. The zero-order valence-electron chi connectivity index (χ0n) is 18.7. The first-order valence-corrected chi connectivity index (χ1v) is 11.6. The van der Waals surface area contributed by atoms with E-state index in [0.29, 0.717) is 11.1 Å². The molecule has 9 heteroatoms. The number of rotatable bonds is 5. The second-order valence-corrected chi connectivity index (χ2v) is 8.82. The van der Waals surface area contributed by atoms with E-state index in [1.807, 2.05) is 12.1 Å². The van der Waals surface area contributed by atoms with Gasteiger partial charge in [0.2, 0.25) is 0 Å². The lowest BCUT2D eigenvalue weighted by molar-refractivity contribution is 0.0525. The Morgan fingerprint density at radius 1 is 1.11 bits per heavy atom. The Morgan fingerprint density at radius 2 is 1.86 bits per heavy atom. The third-order valence-electron chi connectivity index (χ3n) is 6.20. The third-order valence-corrected chi connectivity index (χ3v) is 6.72. The van der Waals surface area contributed by atoms with Gasteiger partial charge in [0, 0.05) is 23.1 Å². The van der Waals surface area contributed by atoms with Crippen molar-refractivity contribution in [1.29, 1.82) is 0 Å². The first-order valence-electron chi connectivity index (χ1n) is 11.2. The highest BCUT2D eigenvalue weighted by Gasteiger charge is 2.34. The number of nitrogens with zero attached hydrogens (tertiary/aromatic N) is 3. The normalized spacial score (nSPS) is 17.3. The Balaban J connectivity index is 1.64. The van der Waals surface area contributed by atoms with Gasteiger partial charge in [-0.25, -0.2) is 13.6 Å². The fourth-order valence-electron chi connectivity index (χ4n) is 4.35. The predicted molar refractivity (Wildman–Crippen MR) is 127 cm³/mol. The van der Waals surface area contributed by atoms with E-state index in [1.165, 1.54) is 6.20 Å². The smallest absolute Gasteiger partial charge is 0.338 e. The molecule has 0 radical (unpaired) electrons. The van der Waals surface area contributed by atoms with Gasteiger partial charge in [0.1, 0.15) is 22.8 Å². The van der Waals surface area contributed by atoms with Crippen LogP contribution in [-0.4, -0.2) is 38.6 Å². The molecule has 4 aromatic rings.